The topological polar surface area (TPSA) is 88.4 Å². The molecule has 0 atom stereocenters. The zero-order valence-corrected chi connectivity index (χ0v) is 12.4. The SMILES string of the molecule is CCOP(=O)(CC(=O)Nc1cccc(C#N)c1)OCC. The van der Waals surface area contributed by atoms with Gasteiger partial charge in [0, 0.05) is 5.69 Å². The lowest BCUT2D eigenvalue weighted by Gasteiger charge is -2.16. The van der Waals surface area contributed by atoms with Crippen molar-refractivity contribution in [3.63, 3.8) is 0 Å². The van der Waals surface area contributed by atoms with E-state index in [9.17, 15) is 9.36 Å². The van der Waals surface area contributed by atoms with E-state index in [-0.39, 0.29) is 19.4 Å². The van der Waals surface area contributed by atoms with Gasteiger partial charge in [-0.3, -0.25) is 9.36 Å². The number of amides is 1. The number of hydrogen-bond acceptors (Lipinski definition) is 5. The summed E-state index contributed by atoms with van der Waals surface area (Å²) >= 11 is 0. The van der Waals surface area contributed by atoms with Gasteiger partial charge in [0.2, 0.25) is 5.91 Å². The predicted octanol–water partition coefficient (Wildman–Crippen LogP) is 2.76. The van der Waals surface area contributed by atoms with Crippen molar-refractivity contribution in [2.24, 2.45) is 0 Å². The van der Waals surface area contributed by atoms with Crippen molar-refractivity contribution in [2.45, 2.75) is 13.8 Å². The Kier molecular flexibility index (Phi) is 6.40. The lowest BCUT2D eigenvalue weighted by molar-refractivity contribution is -0.114. The molecule has 0 aliphatic heterocycles. The average Bonchev–Trinajstić information content (AvgIpc) is 2.38. The molecule has 1 amide bonds. The van der Waals surface area contributed by atoms with Gasteiger partial charge < -0.3 is 14.4 Å². The number of nitrogens with zero attached hydrogens (tertiary/aromatic N) is 1. The van der Waals surface area contributed by atoms with Crippen molar-refractivity contribution >= 4 is 19.2 Å². The molecule has 20 heavy (non-hydrogen) atoms. The maximum atomic E-state index is 12.2. The van der Waals surface area contributed by atoms with Gasteiger partial charge in [0.1, 0.15) is 6.16 Å². The van der Waals surface area contributed by atoms with E-state index in [4.69, 9.17) is 14.3 Å². The van der Waals surface area contributed by atoms with Crippen LogP contribution in [-0.4, -0.2) is 25.3 Å². The van der Waals surface area contributed by atoms with Crippen LogP contribution in [-0.2, 0) is 18.4 Å². The Morgan fingerprint density at radius 3 is 2.55 bits per heavy atom. The minimum absolute atomic E-state index is 0.203. The second kappa shape index (κ2) is 7.81. The second-order valence-corrected chi connectivity index (χ2v) is 5.90. The molecule has 0 bridgehead atoms. The predicted molar refractivity (Wildman–Crippen MR) is 75.5 cm³/mol. The van der Waals surface area contributed by atoms with Crippen LogP contribution in [0.25, 0.3) is 0 Å². The summed E-state index contributed by atoms with van der Waals surface area (Å²) in [6, 6.07) is 8.43. The van der Waals surface area contributed by atoms with Crippen LogP contribution in [0.2, 0.25) is 0 Å². The molecule has 0 heterocycles. The summed E-state index contributed by atoms with van der Waals surface area (Å²) in [6.07, 6.45) is -0.356. The highest BCUT2D eigenvalue weighted by Crippen LogP contribution is 2.47. The third-order valence-electron chi connectivity index (χ3n) is 2.26. The van der Waals surface area contributed by atoms with Crippen molar-refractivity contribution in [3.05, 3.63) is 29.8 Å². The van der Waals surface area contributed by atoms with Gasteiger partial charge in [0.25, 0.3) is 0 Å². The van der Waals surface area contributed by atoms with Gasteiger partial charge in [-0.25, -0.2) is 0 Å². The summed E-state index contributed by atoms with van der Waals surface area (Å²) in [5, 5.41) is 11.3. The van der Waals surface area contributed by atoms with E-state index in [1.165, 1.54) is 6.07 Å². The van der Waals surface area contributed by atoms with Crippen LogP contribution in [0.4, 0.5) is 5.69 Å². The fourth-order valence-electron chi connectivity index (χ4n) is 1.56. The van der Waals surface area contributed by atoms with Gasteiger partial charge in [0.05, 0.1) is 24.8 Å². The van der Waals surface area contributed by atoms with Crippen molar-refractivity contribution in [1.29, 1.82) is 5.26 Å². The maximum Gasteiger partial charge on any atom is 0.340 e. The van der Waals surface area contributed by atoms with Gasteiger partial charge in [-0.2, -0.15) is 5.26 Å². The molecule has 0 unspecified atom stereocenters. The molecular formula is C13H17N2O4P. The van der Waals surface area contributed by atoms with E-state index in [1.807, 2.05) is 6.07 Å². The summed E-state index contributed by atoms with van der Waals surface area (Å²) in [6.45, 7) is 3.77. The van der Waals surface area contributed by atoms with Crippen LogP contribution in [0.1, 0.15) is 19.4 Å². The van der Waals surface area contributed by atoms with E-state index in [2.05, 4.69) is 5.32 Å². The molecule has 1 aromatic carbocycles. The van der Waals surface area contributed by atoms with Crippen molar-refractivity contribution in [3.8, 4) is 6.07 Å². The molecule has 0 aliphatic carbocycles. The van der Waals surface area contributed by atoms with E-state index < -0.39 is 13.5 Å². The molecule has 0 saturated heterocycles. The minimum atomic E-state index is -3.41. The van der Waals surface area contributed by atoms with Gasteiger partial charge in [-0.1, -0.05) is 6.07 Å². The first-order chi connectivity index (χ1) is 9.53. The summed E-state index contributed by atoms with van der Waals surface area (Å²) in [7, 11) is -3.41. The van der Waals surface area contributed by atoms with Crippen LogP contribution in [0.15, 0.2) is 24.3 Å². The highest BCUT2D eigenvalue weighted by atomic mass is 31.2. The number of hydrogen-bond donors (Lipinski definition) is 1. The molecule has 0 aromatic heterocycles. The highest BCUT2D eigenvalue weighted by Gasteiger charge is 2.27. The molecule has 0 spiro atoms. The zero-order chi connectivity index (χ0) is 15.0. The smallest absolute Gasteiger partial charge is 0.325 e. The molecule has 0 radical (unpaired) electrons. The maximum absolute atomic E-state index is 12.2. The molecule has 1 rings (SSSR count). The average molecular weight is 296 g/mol. The first-order valence-electron chi connectivity index (χ1n) is 6.21. The van der Waals surface area contributed by atoms with E-state index >= 15 is 0 Å². The fourth-order valence-corrected chi connectivity index (χ4v) is 3.04. The lowest BCUT2D eigenvalue weighted by Crippen LogP contribution is -2.18. The quantitative estimate of drug-likeness (QED) is 0.781. The van der Waals surface area contributed by atoms with Crippen LogP contribution in [0.3, 0.4) is 0 Å². The molecule has 0 aliphatic rings. The van der Waals surface area contributed by atoms with Crippen LogP contribution in [0, 0.1) is 11.3 Å². The standard InChI is InChI=1S/C13H17N2O4P/c1-3-18-20(17,19-4-2)10-13(16)15-12-7-5-6-11(8-12)9-14/h5-8H,3-4,10H2,1-2H3,(H,15,16). The first-order valence-corrected chi connectivity index (χ1v) is 7.94. The van der Waals surface area contributed by atoms with E-state index in [0.29, 0.717) is 11.3 Å². The van der Waals surface area contributed by atoms with Gasteiger partial charge in [-0.15, -0.1) is 0 Å². The Bertz CT molecular complexity index is 544. The number of rotatable bonds is 7. The van der Waals surface area contributed by atoms with Crippen molar-refractivity contribution in [2.75, 3.05) is 24.7 Å². The van der Waals surface area contributed by atoms with Gasteiger partial charge in [-0.05, 0) is 32.0 Å². The van der Waals surface area contributed by atoms with Gasteiger partial charge in [0.15, 0.2) is 0 Å². The van der Waals surface area contributed by atoms with E-state index in [1.54, 1.807) is 32.0 Å². The third-order valence-corrected chi connectivity index (χ3v) is 4.24. The Hall–Kier alpha value is -1.67. The normalized spacial score (nSPS) is 10.8. The Morgan fingerprint density at radius 1 is 1.35 bits per heavy atom. The number of nitrogens with one attached hydrogen (secondary N) is 1. The monoisotopic (exact) mass is 296 g/mol. The van der Waals surface area contributed by atoms with Crippen LogP contribution >= 0.6 is 7.60 Å². The van der Waals surface area contributed by atoms with Crippen LogP contribution in [0.5, 0.6) is 0 Å². The number of carbonyl (C=O) groups is 1. The largest absolute Gasteiger partial charge is 0.340 e. The zero-order valence-electron chi connectivity index (χ0n) is 11.5. The summed E-state index contributed by atoms with van der Waals surface area (Å²) in [5.74, 6) is -0.481. The Morgan fingerprint density at radius 2 is 2.00 bits per heavy atom. The van der Waals surface area contributed by atoms with Crippen molar-refractivity contribution in [1.82, 2.24) is 0 Å². The first kappa shape index (κ1) is 16.4. The summed E-state index contributed by atoms with van der Waals surface area (Å²) < 4.78 is 22.3. The molecule has 7 heteroatoms. The molecular weight excluding hydrogens is 279 g/mol. The lowest BCUT2D eigenvalue weighted by atomic mass is 10.2. The third kappa shape index (κ3) is 5.14. The second-order valence-electron chi connectivity index (χ2n) is 3.85. The van der Waals surface area contributed by atoms with Crippen LogP contribution < -0.4 is 5.32 Å². The number of nitriles is 1. The Balaban J connectivity index is 2.70. The molecule has 1 aromatic rings. The highest BCUT2D eigenvalue weighted by molar-refractivity contribution is 7.54. The van der Waals surface area contributed by atoms with E-state index in [0.717, 1.165) is 0 Å². The molecule has 6 nitrogen and oxygen atoms in total. The molecule has 108 valence electrons. The molecule has 1 N–H and O–H groups in total. The van der Waals surface area contributed by atoms with Gasteiger partial charge >= 0.3 is 7.60 Å². The molecule has 0 saturated carbocycles. The minimum Gasteiger partial charge on any atom is -0.325 e. The van der Waals surface area contributed by atoms with Crippen molar-refractivity contribution < 1.29 is 18.4 Å². The fraction of sp³-hybridized carbons (Fsp3) is 0.385. The number of anilines is 1. The number of carbonyl (C=O) groups excluding carboxylic acids is 1. The number of benzene rings is 1. The Labute approximate surface area is 118 Å². The summed E-state index contributed by atoms with van der Waals surface area (Å²) in [5.41, 5.74) is 0.897. The molecule has 0 fully saturated rings. The summed E-state index contributed by atoms with van der Waals surface area (Å²) in [4.78, 5) is 11.9.